The van der Waals surface area contributed by atoms with Gasteiger partial charge in [0.15, 0.2) is 0 Å². The van der Waals surface area contributed by atoms with E-state index in [1.807, 2.05) is 48.7 Å². The molecule has 2 aromatic heterocycles. The van der Waals surface area contributed by atoms with Gasteiger partial charge in [-0.3, -0.25) is 14.6 Å². The number of aromatic amines is 1. The second-order valence-corrected chi connectivity index (χ2v) is 7.81. The van der Waals surface area contributed by atoms with Crippen molar-refractivity contribution in [3.8, 4) is 11.3 Å². The summed E-state index contributed by atoms with van der Waals surface area (Å²) in [4.78, 5) is 14.1. The first-order valence-corrected chi connectivity index (χ1v) is 10.5. The van der Waals surface area contributed by atoms with Crippen molar-refractivity contribution >= 4 is 5.91 Å². The summed E-state index contributed by atoms with van der Waals surface area (Å²) >= 11 is 0. The number of carbonyl (C=O) groups excluding carboxylic acids is 1. The highest BCUT2D eigenvalue weighted by atomic mass is 19.1. The smallest absolute Gasteiger partial charge is 0.224 e. The van der Waals surface area contributed by atoms with Crippen LogP contribution in [0.1, 0.15) is 42.8 Å². The molecule has 0 saturated carbocycles. The molecule has 30 heavy (non-hydrogen) atoms. The summed E-state index contributed by atoms with van der Waals surface area (Å²) in [5, 5.41) is 11.7. The first-order valence-electron chi connectivity index (χ1n) is 10.5. The van der Waals surface area contributed by atoms with Crippen molar-refractivity contribution in [1.82, 2.24) is 24.9 Å². The molecule has 0 radical (unpaired) electrons. The molecule has 0 aliphatic carbocycles. The molecule has 0 aliphatic rings. The molecule has 1 amide bonds. The van der Waals surface area contributed by atoms with Gasteiger partial charge in [-0.2, -0.15) is 10.2 Å². The minimum absolute atomic E-state index is 0.149. The largest absolute Gasteiger partial charge is 0.346 e. The highest BCUT2D eigenvalue weighted by Crippen LogP contribution is 2.19. The minimum Gasteiger partial charge on any atom is -0.346 e. The zero-order valence-corrected chi connectivity index (χ0v) is 18.0. The van der Waals surface area contributed by atoms with Gasteiger partial charge in [-0.1, -0.05) is 18.6 Å². The Balaban J connectivity index is 1.34. The summed E-state index contributed by atoms with van der Waals surface area (Å²) in [7, 11) is 1.86. The fourth-order valence-corrected chi connectivity index (χ4v) is 3.54. The standard InChI is InChI=1S/C23H30FN5O/c1-17-14-18(2)29(27-17)13-11-23(30)28(3)12-6-4-5-10-21-16-22(26-25-21)19-8-7-9-20(24)15-19/h7-9,14-16H,4-6,10-13H2,1-3H3,(H,25,26). The molecule has 0 aliphatic heterocycles. The lowest BCUT2D eigenvalue weighted by molar-refractivity contribution is -0.130. The summed E-state index contributed by atoms with van der Waals surface area (Å²) in [6.45, 7) is 5.35. The number of amides is 1. The van der Waals surface area contributed by atoms with Crippen molar-refractivity contribution in [2.75, 3.05) is 13.6 Å². The van der Waals surface area contributed by atoms with Crippen LogP contribution in [0, 0.1) is 19.7 Å². The van der Waals surface area contributed by atoms with Crippen LogP contribution in [0.4, 0.5) is 4.39 Å². The number of rotatable bonds is 10. The molecule has 0 atom stereocenters. The van der Waals surface area contributed by atoms with Crippen LogP contribution >= 0.6 is 0 Å². The molecule has 7 heteroatoms. The summed E-state index contributed by atoms with van der Waals surface area (Å²) in [5.74, 6) is -0.110. The number of hydrogen-bond acceptors (Lipinski definition) is 3. The Morgan fingerprint density at radius 3 is 2.73 bits per heavy atom. The molecule has 160 valence electrons. The maximum Gasteiger partial charge on any atom is 0.224 e. The molecule has 0 saturated heterocycles. The van der Waals surface area contributed by atoms with Crippen LogP contribution in [0.5, 0.6) is 0 Å². The second kappa shape index (κ2) is 10.2. The summed E-state index contributed by atoms with van der Waals surface area (Å²) in [6, 6.07) is 10.5. The molecule has 1 N–H and O–H groups in total. The van der Waals surface area contributed by atoms with Gasteiger partial charge >= 0.3 is 0 Å². The molecule has 3 rings (SSSR count). The van der Waals surface area contributed by atoms with Crippen LogP contribution in [-0.4, -0.2) is 44.4 Å². The van der Waals surface area contributed by atoms with Crippen LogP contribution < -0.4 is 0 Å². The van der Waals surface area contributed by atoms with E-state index in [4.69, 9.17) is 0 Å². The Labute approximate surface area is 177 Å². The van der Waals surface area contributed by atoms with Crippen LogP contribution in [0.3, 0.4) is 0 Å². The number of H-pyrrole nitrogens is 1. The number of halogens is 1. The Kier molecular flexibility index (Phi) is 7.38. The van der Waals surface area contributed by atoms with Crippen molar-refractivity contribution < 1.29 is 9.18 Å². The zero-order chi connectivity index (χ0) is 21.5. The summed E-state index contributed by atoms with van der Waals surface area (Å²) in [6.07, 6.45) is 4.36. The lowest BCUT2D eigenvalue weighted by atomic mass is 10.1. The lowest BCUT2D eigenvalue weighted by Crippen LogP contribution is -2.28. The fourth-order valence-electron chi connectivity index (χ4n) is 3.54. The third-order valence-electron chi connectivity index (χ3n) is 5.26. The van der Waals surface area contributed by atoms with Gasteiger partial charge < -0.3 is 4.90 Å². The van der Waals surface area contributed by atoms with Crippen molar-refractivity contribution in [2.24, 2.45) is 0 Å². The molecule has 1 aromatic carbocycles. The third kappa shape index (κ3) is 6.02. The summed E-state index contributed by atoms with van der Waals surface area (Å²) < 4.78 is 15.2. The van der Waals surface area contributed by atoms with E-state index in [1.165, 1.54) is 12.1 Å². The Morgan fingerprint density at radius 1 is 1.17 bits per heavy atom. The van der Waals surface area contributed by atoms with Crippen LogP contribution in [-0.2, 0) is 17.8 Å². The van der Waals surface area contributed by atoms with Gasteiger partial charge in [-0.05, 0) is 57.4 Å². The molecule has 6 nitrogen and oxygen atoms in total. The number of aryl methyl sites for hydroxylation is 4. The number of aromatic nitrogens is 4. The van der Waals surface area contributed by atoms with Crippen molar-refractivity contribution in [3.05, 3.63) is 59.3 Å². The molecule has 0 bridgehead atoms. The fraction of sp³-hybridized carbons (Fsp3) is 0.435. The number of nitrogens with one attached hydrogen (secondary N) is 1. The van der Waals surface area contributed by atoms with Crippen molar-refractivity contribution in [2.45, 2.75) is 52.5 Å². The highest BCUT2D eigenvalue weighted by Gasteiger charge is 2.10. The SMILES string of the molecule is Cc1cc(C)n(CCC(=O)N(C)CCCCCc2cc(-c3cccc(F)c3)n[nH]2)n1. The molecule has 0 fully saturated rings. The minimum atomic E-state index is -0.259. The molecule has 3 aromatic rings. The van der Waals surface area contributed by atoms with E-state index in [1.54, 1.807) is 6.07 Å². The topological polar surface area (TPSA) is 66.8 Å². The predicted octanol–water partition coefficient (Wildman–Crippen LogP) is 4.29. The quantitative estimate of drug-likeness (QED) is 0.506. The van der Waals surface area contributed by atoms with Gasteiger partial charge in [0.05, 0.1) is 11.4 Å². The number of nitrogens with zero attached hydrogens (tertiary/aromatic N) is 4. The maximum atomic E-state index is 13.4. The Morgan fingerprint density at radius 2 is 2.00 bits per heavy atom. The van der Waals surface area contributed by atoms with Gasteiger partial charge in [0.25, 0.3) is 0 Å². The third-order valence-corrected chi connectivity index (χ3v) is 5.26. The monoisotopic (exact) mass is 411 g/mol. The first-order chi connectivity index (χ1) is 14.4. The second-order valence-electron chi connectivity index (χ2n) is 7.81. The molecular weight excluding hydrogens is 381 g/mol. The van der Waals surface area contributed by atoms with Crippen molar-refractivity contribution in [3.63, 3.8) is 0 Å². The highest BCUT2D eigenvalue weighted by molar-refractivity contribution is 5.75. The normalized spacial score (nSPS) is 11.1. The van der Waals surface area contributed by atoms with Gasteiger partial charge in [0.2, 0.25) is 5.91 Å². The molecule has 2 heterocycles. The average molecular weight is 412 g/mol. The van der Waals surface area contributed by atoms with E-state index >= 15 is 0 Å². The predicted molar refractivity (Wildman–Crippen MR) is 115 cm³/mol. The number of benzene rings is 1. The number of hydrogen-bond donors (Lipinski definition) is 1. The van der Waals surface area contributed by atoms with Gasteiger partial charge in [0, 0.05) is 43.5 Å². The van der Waals surface area contributed by atoms with Gasteiger partial charge in [-0.15, -0.1) is 0 Å². The Hall–Kier alpha value is -2.96. The van der Waals surface area contributed by atoms with E-state index in [0.717, 1.165) is 60.6 Å². The van der Waals surface area contributed by atoms with E-state index in [9.17, 15) is 9.18 Å². The first kappa shape index (κ1) is 21.7. The summed E-state index contributed by atoms with van der Waals surface area (Å²) in [5.41, 5.74) is 4.65. The Bertz CT molecular complexity index is 978. The lowest BCUT2D eigenvalue weighted by Gasteiger charge is -2.17. The van der Waals surface area contributed by atoms with Gasteiger partial charge in [0.1, 0.15) is 5.82 Å². The average Bonchev–Trinajstić information content (AvgIpc) is 3.31. The zero-order valence-electron chi connectivity index (χ0n) is 18.0. The molecular formula is C23H30FN5O. The van der Waals surface area contributed by atoms with E-state index in [2.05, 4.69) is 15.3 Å². The van der Waals surface area contributed by atoms with E-state index in [0.29, 0.717) is 13.0 Å². The molecule has 0 unspecified atom stereocenters. The van der Waals surface area contributed by atoms with E-state index in [-0.39, 0.29) is 11.7 Å². The molecule has 0 spiro atoms. The van der Waals surface area contributed by atoms with Crippen molar-refractivity contribution in [1.29, 1.82) is 0 Å². The van der Waals surface area contributed by atoms with Crippen LogP contribution in [0.2, 0.25) is 0 Å². The number of unbranched alkanes of at least 4 members (excludes halogenated alkanes) is 2. The van der Waals surface area contributed by atoms with E-state index < -0.39 is 0 Å². The number of carbonyl (C=O) groups is 1. The van der Waals surface area contributed by atoms with Crippen LogP contribution in [0.25, 0.3) is 11.3 Å². The van der Waals surface area contributed by atoms with Gasteiger partial charge in [-0.25, -0.2) is 4.39 Å². The van der Waals surface area contributed by atoms with Crippen LogP contribution in [0.15, 0.2) is 36.4 Å². The maximum absolute atomic E-state index is 13.4.